The molecule has 0 aliphatic carbocycles. The highest BCUT2D eigenvalue weighted by molar-refractivity contribution is 6.30. The molecule has 0 heterocycles. The highest BCUT2D eigenvalue weighted by Crippen LogP contribution is 2.09. The number of hydrogen-bond acceptors (Lipinski definition) is 3. The number of carbonyl (C=O) groups is 1. The topological polar surface area (TPSA) is 41.6 Å². The minimum absolute atomic E-state index is 0.0770. The summed E-state index contributed by atoms with van der Waals surface area (Å²) in [6.45, 7) is 2.96. The first-order chi connectivity index (χ1) is 8.63. The average molecular weight is 271 g/mol. The maximum Gasteiger partial charge on any atom is 0.251 e. The number of benzene rings is 1. The van der Waals surface area contributed by atoms with Crippen LogP contribution in [0.2, 0.25) is 5.02 Å². The minimum atomic E-state index is -0.0770. The monoisotopic (exact) mass is 270 g/mol. The van der Waals surface area contributed by atoms with E-state index >= 15 is 0 Å². The molecule has 0 aromatic heterocycles. The number of nitrogens with one attached hydrogen (secondary N) is 1. The number of methoxy groups -OCH3 is 1. The van der Waals surface area contributed by atoms with Gasteiger partial charge in [-0.2, -0.15) is 0 Å². The fourth-order valence-corrected chi connectivity index (χ4v) is 1.55. The van der Waals surface area contributed by atoms with E-state index in [1.54, 1.807) is 31.4 Å². The molecular weight excluding hydrogens is 252 g/mol. The van der Waals surface area contributed by atoms with Crippen LogP contribution in [0.1, 0.15) is 10.4 Å². The molecule has 100 valence electrons. The molecule has 0 unspecified atom stereocenters. The molecular formula is C13H19ClN2O2. The van der Waals surface area contributed by atoms with Gasteiger partial charge < -0.3 is 15.0 Å². The van der Waals surface area contributed by atoms with Crippen molar-refractivity contribution < 1.29 is 9.53 Å². The van der Waals surface area contributed by atoms with E-state index in [0.717, 1.165) is 13.1 Å². The predicted molar refractivity (Wildman–Crippen MR) is 73.2 cm³/mol. The number of rotatable bonds is 7. The van der Waals surface area contributed by atoms with Crippen LogP contribution in [0, 0.1) is 0 Å². The van der Waals surface area contributed by atoms with Gasteiger partial charge in [-0.05, 0) is 31.3 Å². The van der Waals surface area contributed by atoms with Crippen LogP contribution in [0.3, 0.4) is 0 Å². The van der Waals surface area contributed by atoms with E-state index in [-0.39, 0.29) is 5.91 Å². The van der Waals surface area contributed by atoms with Crippen LogP contribution in [-0.4, -0.2) is 51.2 Å². The summed E-state index contributed by atoms with van der Waals surface area (Å²) >= 11 is 5.76. The van der Waals surface area contributed by atoms with Gasteiger partial charge in [0.1, 0.15) is 0 Å². The third kappa shape index (κ3) is 5.49. The average Bonchev–Trinajstić information content (AvgIpc) is 2.37. The van der Waals surface area contributed by atoms with Crippen molar-refractivity contribution in [2.45, 2.75) is 0 Å². The van der Waals surface area contributed by atoms with Gasteiger partial charge in [0, 0.05) is 37.3 Å². The van der Waals surface area contributed by atoms with Gasteiger partial charge in [0.2, 0.25) is 0 Å². The SMILES string of the molecule is COCCN(C)CCNC(=O)c1ccc(Cl)cc1. The highest BCUT2D eigenvalue weighted by atomic mass is 35.5. The van der Waals surface area contributed by atoms with Gasteiger partial charge >= 0.3 is 0 Å². The number of carbonyl (C=O) groups excluding carboxylic acids is 1. The molecule has 5 heteroatoms. The molecule has 0 atom stereocenters. The van der Waals surface area contributed by atoms with Gasteiger partial charge in [-0.25, -0.2) is 0 Å². The number of hydrogen-bond donors (Lipinski definition) is 1. The van der Waals surface area contributed by atoms with E-state index in [9.17, 15) is 4.79 Å². The fourth-order valence-electron chi connectivity index (χ4n) is 1.42. The number of ether oxygens (including phenoxy) is 1. The molecule has 4 nitrogen and oxygen atoms in total. The van der Waals surface area contributed by atoms with Crippen LogP contribution in [0.15, 0.2) is 24.3 Å². The van der Waals surface area contributed by atoms with Crippen molar-refractivity contribution in [1.29, 1.82) is 0 Å². The van der Waals surface area contributed by atoms with E-state index < -0.39 is 0 Å². The Hall–Kier alpha value is -1.10. The van der Waals surface area contributed by atoms with Crippen LogP contribution in [0.4, 0.5) is 0 Å². The van der Waals surface area contributed by atoms with Crippen LogP contribution in [0.5, 0.6) is 0 Å². The van der Waals surface area contributed by atoms with Crippen molar-refractivity contribution in [3.05, 3.63) is 34.9 Å². The molecule has 18 heavy (non-hydrogen) atoms. The summed E-state index contributed by atoms with van der Waals surface area (Å²) in [5, 5.41) is 3.49. The second kappa shape index (κ2) is 8.08. The van der Waals surface area contributed by atoms with Crippen molar-refractivity contribution in [3.8, 4) is 0 Å². The lowest BCUT2D eigenvalue weighted by atomic mass is 10.2. The van der Waals surface area contributed by atoms with Gasteiger partial charge in [0.05, 0.1) is 6.61 Å². The Bertz CT molecular complexity index is 368. The first-order valence-electron chi connectivity index (χ1n) is 5.84. The van der Waals surface area contributed by atoms with E-state index in [1.807, 2.05) is 7.05 Å². The van der Waals surface area contributed by atoms with Crippen LogP contribution < -0.4 is 5.32 Å². The summed E-state index contributed by atoms with van der Waals surface area (Å²) in [6.07, 6.45) is 0. The lowest BCUT2D eigenvalue weighted by Crippen LogP contribution is -2.34. The Balaban J connectivity index is 2.27. The summed E-state index contributed by atoms with van der Waals surface area (Å²) in [5.41, 5.74) is 0.624. The summed E-state index contributed by atoms with van der Waals surface area (Å²) in [5.74, 6) is -0.0770. The van der Waals surface area contributed by atoms with Crippen molar-refractivity contribution >= 4 is 17.5 Å². The van der Waals surface area contributed by atoms with Crippen LogP contribution in [0.25, 0.3) is 0 Å². The minimum Gasteiger partial charge on any atom is -0.383 e. The van der Waals surface area contributed by atoms with Crippen LogP contribution >= 0.6 is 11.6 Å². The van der Waals surface area contributed by atoms with Gasteiger partial charge in [-0.1, -0.05) is 11.6 Å². The molecule has 1 amide bonds. The molecule has 0 radical (unpaired) electrons. The van der Waals surface area contributed by atoms with E-state index in [4.69, 9.17) is 16.3 Å². The smallest absolute Gasteiger partial charge is 0.251 e. The normalized spacial score (nSPS) is 10.7. The zero-order valence-electron chi connectivity index (χ0n) is 10.8. The lowest BCUT2D eigenvalue weighted by Gasteiger charge is -2.16. The van der Waals surface area contributed by atoms with Crippen molar-refractivity contribution in [3.63, 3.8) is 0 Å². The van der Waals surface area contributed by atoms with E-state index in [1.165, 1.54) is 0 Å². The molecule has 1 aromatic rings. The summed E-state index contributed by atoms with van der Waals surface area (Å²) in [4.78, 5) is 13.9. The molecule has 1 rings (SSSR count). The highest BCUT2D eigenvalue weighted by Gasteiger charge is 2.05. The summed E-state index contributed by atoms with van der Waals surface area (Å²) < 4.78 is 4.98. The van der Waals surface area contributed by atoms with Gasteiger partial charge in [0.15, 0.2) is 0 Å². The van der Waals surface area contributed by atoms with Crippen molar-refractivity contribution in [2.24, 2.45) is 0 Å². The van der Waals surface area contributed by atoms with Crippen molar-refractivity contribution in [2.75, 3.05) is 40.4 Å². The predicted octanol–water partition coefficient (Wildman–Crippen LogP) is 1.65. The molecule has 0 saturated carbocycles. The van der Waals surface area contributed by atoms with Gasteiger partial charge in [-0.3, -0.25) is 4.79 Å². The molecule has 0 aliphatic heterocycles. The number of halogens is 1. The second-order valence-corrected chi connectivity index (χ2v) is 4.50. The molecule has 0 fully saturated rings. The summed E-state index contributed by atoms with van der Waals surface area (Å²) in [6, 6.07) is 6.85. The third-order valence-corrected chi connectivity index (χ3v) is 2.81. The van der Waals surface area contributed by atoms with Gasteiger partial charge in [0.25, 0.3) is 5.91 Å². The molecule has 0 bridgehead atoms. The Labute approximate surface area is 113 Å². The Morgan fingerprint density at radius 3 is 2.61 bits per heavy atom. The fraction of sp³-hybridized carbons (Fsp3) is 0.462. The third-order valence-electron chi connectivity index (χ3n) is 2.56. The molecule has 1 aromatic carbocycles. The Kier molecular flexibility index (Phi) is 6.72. The molecule has 0 aliphatic rings. The zero-order chi connectivity index (χ0) is 13.4. The Morgan fingerprint density at radius 1 is 1.33 bits per heavy atom. The van der Waals surface area contributed by atoms with E-state index in [0.29, 0.717) is 23.7 Å². The lowest BCUT2D eigenvalue weighted by molar-refractivity contribution is 0.0947. The molecule has 0 spiro atoms. The maximum absolute atomic E-state index is 11.8. The first kappa shape index (κ1) is 15.0. The van der Waals surface area contributed by atoms with Crippen molar-refractivity contribution in [1.82, 2.24) is 10.2 Å². The summed E-state index contributed by atoms with van der Waals surface area (Å²) in [7, 11) is 3.67. The second-order valence-electron chi connectivity index (χ2n) is 4.06. The zero-order valence-corrected chi connectivity index (χ0v) is 11.5. The number of nitrogens with zero attached hydrogens (tertiary/aromatic N) is 1. The number of amides is 1. The first-order valence-corrected chi connectivity index (χ1v) is 6.22. The standard InChI is InChI=1S/C13H19ClN2O2/c1-16(9-10-18-2)8-7-15-13(17)11-3-5-12(14)6-4-11/h3-6H,7-10H2,1-2H3,(H,15,17). The van der Waals surface area contributed by atoms with Crippen LogP contribution in [-0.2, 0) is 4.74 Å². The largest absolute Gasteiger partial charge is 0.383 e. The van der Waals surface area contributed by atoms with Gasteiger partial charge in [-0.15, -0.1) is 0 Å². The quantitative estimate of drug-likeness (QED) is 0.819. The van der Waals surface area contributed by atoms with E-state index in [2.05, 4.69) is 10.2 Å². The maximum atomic E-state index is 11.8. The number of likely N-dealkylation sites (N-methyl/N-ethyl adjacent to an activating group) is 1. The molecule has 0 saturated heterocycles. The molecule has 1 N–H and O–H groups in total. The Morgan fingerprint density at radius 2 is 2.00 bits per heavy atom.